The first kappa shape index (κ1) is 11.4. The highest BCUT2D eigenvalue weighted by Gasteiger charge is 2.04. The van der Waals surface area contributed by atoms with Gasteiger partial charge < -0.3 is 5.32 Å². The van der Waals surface area contributed by atoms with Crippen LogP contribution in [0.3, 0.4) is 0 Å². The molecule has 0 saturated carbocycles. The maximum absolute atomic E-state index is 8.07. The Bertz CT molecular complexity index is 544. The fourth-order valence-corrected chi connectivity index (χ4v) is 1.79. The molecule has 2 nitrogen and oxygen atoms in total. The molecule has 2 aromatic rings. The van der Waals surface area contributed by atoms with Gasteiger partial charge in [0.15, 0.2) is 0 Å². The number of amidine groups is 1. The summed E-state index contributed by atoms with van der Waals surface area (Å²) in [5.41, 5.74) is 4.19. The molecule has 2 rings (SSSR count). The fourth-order valence-electron chi connectivity index (χ4n) is 1.79. The number of rotatable bonds is 2. The van der Waals surface area contributed by atoms with E-state index in [2.05, 4.69) is 5.32 Å². The predicted octanol–water partition coefficient (Wildman–Crippen LogP) is 3.74. The molecule has 86 valence electrons. The number of nitrogens with one attached hydrogen (secondary N) is 2. The number of aryl methyl sites for hydroxylation is 2. The Morgan fingerprint density at radius 1 is 1.00 bits per heavy atom. The third-order valence-corrected chi connectivity index (χ3v) is 2.70. The molecule has 0 heterocycles. The lowest BCUT2D eigenvalue weighted by Gasteiger charge is -2.10. The summed E-state index contributed by atoms with van der Waals surface area (Å²) in [6, 6.07) is 16.0. The summed E-state index contributed by atoms with van der Waals surface area (Å²) in [6.45, 7) is 4.06. The van der Waals surface area contributed by atoms with Crippen LogP contribution in [-0.2, 0) is 0 Å². The van der Waals surface area contributed by atoms with Crippen molar-refractivity contribution in [2.45, 2.75) is 13.8 Å². The molecule has 0 unspecified atom stereocenters. The van der Waals surface area contributed by atoms with Crippen LogP contribution in [0.2, 0.25) is 0 Å². The SMILES string of the molecule is Cc1cccc(NC(=N)c2ccccc2C)c1. The fraction of sp³-hybridized carbons (Fsp3) is 0.133. The lowest BCUT2D eigenvalue weighted by molar-refractivity contribution is 1.37. The van der Waals surface area contributed by atoms with Gasteiger partial charge >= 0.3 is 0 Å². The van der Waals surface area contributed by atoms with Crippen molar-refractivity contribution in [2.75, 3.05) is 5.32 Å². The molecule has 0 aliphatic carbocycles. The zero-order valence-corrected chi connectivity index (χ0v) is 10.1. The molecule has 0 bridgehead atoms. The van der Waals surface area contributed by atoms with Crippen LogP contribution in [0, 0.1) is 19.3 Å². The highest BCUT2D eigenvalue weighted by atomic mass is 14.9. The van der Waals surface area contributed by atoms with Gasteiger partial charge in [-0.1, -0.05) is 36.4 Å². The molecule has 0 aliphatic heterocycles. The van der Waals surface area contributed by atoms with Gasteiger partial charge in [0.2, 0.25) is 0 Å². The van der Waals surface area contributed by atoms with Crippen LogP contribution in [0.5, 0.6) is 0 Å². The van der Waals surface area contributed by atoms with Crippen molar-refractivity contribution in [3.8, 4) is 0 Å². The number of benzene rings is 2. The van der Waals surface area contributed by atoms with E-state index in [1.54, 1.807) is 0 Å². The Kier molecular flexibility index (Phi) is 3.24. The highest BCUT2D eigenvalue weighted by molar-refractivity contribution is 6.07. The molecule has 0 spiro atoms. The molecule has 0 amide bonds. The van der Waals surface area contributed by atoms with E-state index in [1.807, 2.05) is 62.4 Å². The van der Waals surface area contributed by atoms with Crippen molar-refractivity contribution in [2.24, 2.45) is 0 Å². The van der Waals surface area contributed by atoms with Gasteiger partial charge in [0.25, 0.3) is 0 Å². The van der Waals surface area contributed by atoms with Gasteiger partial charge in [0, 0.05) is 11.3 Å². The quantitative estimate of drug-likeness (QED) is 0.591. The first-order chi connectivity index (χ1) is 8.16. The van der Waals surface area contributed by atoms with Gasteiger partial charge in [-0.2, -0.15) is 0 Å². The third kappa shape index (κ3) is 2.72. The molecule has 17 heavy (non-hydrogen) atoms. The summed E-state index contributed by atoms with van der Waals surface area (Å²) >= 11 is 0. The minimum atomic E-state index is 0.439. The predicted molar refractivity (Wildman–Crippen MR) is 72.8 cm³/mol. The molecule has 0 fully saturated rings. The lowest BCUT2D eigenvalue weighted by atomic mass is 10.1. The molecule has 2 N–H and O–H groups in total. The zero-order valence-electron chi connectivity index (χ0n) is 10.1. The second-order valence-electron chi connectivity index (χ2n) is 4.18. The second kappa shape index (κ2) is 4.83. The lowest BCUT2D eigenvalue weighted by Crippen LogP contribution is -2.13. The van der Waals surface area contributed by atoms with Crippen molar-refractivity contribution < 1.29 is 0 Å². The second-order valence-corrected chi connectivity index (χ2v) is 4.18. The van der Waals surface area contributed by atoms with Crippen molar-refractivity contribution in [1.29, 1.82) is 5.41 Å². The van der Waals surface area contributed by atoms with Gasteiger partial charge in [-0.05, 0) is 37.1 Å². The first-order valence-corrected chi connectivity index (χ1v) is 5.65. The van der Waals surface area contributed by atoms with Gasteiger partial charge in [0.1, 0.15) is 5.84 Å². The van der Waals surface area contributed by atoms with Crippen LogP contribution in [0.15, 0.2) is 48.5 Å². The van der Waals surface area contributed by atoms with Crippen molar-refractivity contribution >= 4 is 11.5 Å². The van der Waals surface area contributed by atoms with E-state index >= 15 is 0 Å². The van der Waals surface area contributed by atoms with E-state index in [0.29, 0.717) is 5.84 Å². The van der Waals surface area contributed by atoms with E-state index in [0.717, 1.165) is 16.8 Å². The molecular formula is C15H16N2. The van der Waals surface area contributed by atoms with Crippen LogP contribution >= 0.6 is 0 Å². The molecular weight excluding hydrogens is 208 g/mol. The van der Waals surface area contributed by atoms with Gasteiger partial charge in [-0.15, -0.1) is 0 Å². The standard InChI is InChI=1S/C15H16N2/c1-11-6-5-8-13(10-11)17-15(16)14-9-4-3-7-12(14)2/h3-10H,1-2H3,(H2,16,17). The van der Waals surface area contributed by atoms with E-state index in [9.17, 15) is 0 Å². The molecule has 0 atom stereocenters. The van der Waals surface area contributed by atoms with E-state index in [-0.39, 0.29) is 0 Å². The average Bonchev–Trinajstić information content (AvgIpc) is 2.29. The summed E-state index contributed by atoms with van der Waals surface area (Å²) in [6.07, 6.45) is 0. The maximum atomic E-state index is 8.07. The minimum Gasteiger partial charge on any atom is -0.340 e. The maximum Gasteiger partial charge on any atom is 0.130 e. The van der Waals surface area contributed by atoms with Crippen LogP contribution in [0.25, 0.3) is 0 Å². The molecule has 2 heteroatoms. The Labute approximate surface area is 102 Å². The van der Waals surface area contributed by atoms with Crippen LogP contribution in [0.4, 0.5) is 5.69 Å². The first-order valence-electron chi connectivity index (χ1n) is 5.65. The average molecular weight is 224 g/mol. The van der Waals surface area contributed by atoms with E-state index in [4.69, 9.17) is 5.41 Å². The summed E-state index contributed by atoms with van der Waals surface area (Å²) in [5.74, 6) is 0.439. The smallest absolute Gasteiger partial charge is 0.130 e. The van der Waals surface area contributed by atoms with Crippen molar-refractivity contribution in [1.82, 2.24) is 0 Å². The van der Waals surface area contributed by atoms with Crippen molar-refractivity contribution in [3.63, 3.8) is 0 Å². The third-order valence-electron chi connectivity index (χ3n) is 2.70. The Morgan fingerprint density at radius 2 is 1.76 bits per heavy atom. The van der Waals surface area contributed by atoms with Crippen LogP contribution in [0.1, 0.15) is 16.7 Å². The van der Waals surface area contributed by atoms with Gasteiger partial charge in [0.05, 0.1) is 0 Å². The van der Waals surface area contributed by atoms with Crippen LogP contribution < -0.4 is 5.32 Å². The number of anilines is 1. The minimum absolute atomic E-state index is 0.439. The molecule has 0 aromatic heterocycles. The summed E-state index contributed by atoms with van der Waals surface area (Å²) in [4.78, 5) is 0. The topological polar surface area (TPSA) is 35.9 Å². The normalized spacial score (nSPS) is 10.0. The monoisotopic (exact) mass is 224 g/mol. The Hall–Kier alpha value is -2.09. The molecule has 0 saturated heterocycles. The van der Waals surface area contributed by atoms with E-state index < -0.39 is 0 Å². The molecule has 0 aliphatic rings. The van der Waals surface area contributed by atoms with Crippen molar-refractivity contribution in [3.05, 3.63) is 65.2 Å². The number of hydrogen-bond donors (Lipinski definition) is 2. The zero-order chi connectivity index (χ0) is 12.3. The Morgan fingerprint density at radius 3 is 2.47 bits per heavy atom. The summed E-state index contributed by atoms with van der Waals surface area (Å²) < 4.78 is 0. The molecule has 0 radical (unpaired) electrons. The highest BCUT2D eigenvalue weighted by Crippen LogP contribution is 2.13. The van der Waals surface area contributed by atoms with E-state index in [1.165, 1.54) is 5.56 Å². The summed E-state index contributed by atoms with van der Waals surface area (Å²) in [7, 11) is 0. The molecule has 2 aromatic carbocycles. The van der Waals surface area contributed by atoms with Gasteiger partial charge in [-0.25, -0.2) is 0 Å². The Balaban J connectivity index is 2.20. The van der Waals surface area contributed by atoms with Crippen LogP contribution in [-0.4, -0.2) is 5.84 Å². The van der Waals surface area contributed by atoms with Gasteiger partial charge in [-0.3, -0.25) is 5.41 Å². The largest absolute Gasteiger partial charge is 0.340 e. The number of hydrogen-bond acceptors (Lipinski definition) is 1. The summed E-state index contributed by atoms with van der Waals surface area (Å²) in [5, 5.41) is 11.2.